The lowest BCUT2D eigenvalue weighted by molar-refractivity contribution is 0.102. The van der Waals surface area contributed by atoms with Crippen molar-refractivity contribution in [2.24, 2.45) is 5.73 Å². The molecule has 1 aromatic carbocycles. The van der Waals surface area contributed by atoms with Crippen LogP contribution in [0.1, 0.15) is 41.6 Å². The van der Waals surface area contributed by atoms with Crippen molar-refractivity contribution in [2.45, 2.75) is 38.6 Å². The number of aryl methyl sites for hydroxylation is 1. The number of nitrogens with two attached hydrogens (primary N) is 1. The first-order valence-corrected chi connectivity index (χ1v) is 9.95. The molecule has 0 aliphatic carbocycles. The summed E-state index contributed by atoms with van der Waals surface area (Å²) in [5.41, 5.74) is 8.21. The van der Waals surface area contributed by atoms with E-state index < -0.39 is 10.0 Å². The van der Waals surface area contributed by atoms with E-state index in [1.165, 1.54) is 12.1 Å². The number of nitrogens with zero attached hydrogens (tertiary/aromatic N) is 1. The van der Waals surface area contributed by atoms with Gasteiger partial charge in [-0.15, -0.1) is 0 Å². The van der Waals surface area contributed by atoms with Crippen LogP contribution in [-0.4, -0.2) is 32.0 Å². The molecule has 0 saturated heterocycles. The molecule has 0 atom stereocenters. The third-order valence-corrected chi connectivity index (χ3v) is 5.54. The quantitative estimate of drug-likeness (QED) is 0.686. The highest BCUT2D eigenvalue weighted by molar-refractivity contribution is 7.89. The SMILES string of the molecule is Cc1cc(C(=O)Nc2cccc(S(=O)(=O)NCCN)c2)c(C)n1C(C)C. The molecule has 7 nitrogen and oxygen atoms in total. The molecular weight excluding hydrogens is 352 g/mol. The number of rotatable bonds is 7. The minimum absolute atomic E-state index is 0.0800. The number of carbonyl (C=O) groups excluding carboxylic acids is 1. The molecule has 4 N–H and O–H groups in total. The molecule has 1 heterocycles. The Hall–Kier alpha value is -2.16. The van der Waals surface area contributed by atoms with Crippen LogP contribution in [0.3, 0.4) is 0 Å². The summed E-state index contributed by atoms with van der Waals surface area (Å²) < 4.78 is 28.9. The molecule has 8 heteroatoms. The van der Waals surface area contributed by atoms with E-state index in [0.29, 0.717) is 11.3 Å². The van der Waals surface area contributed by atoms with Crippen LogP contribution in [0, 0.1) is 13.8 Å². The van der Waals surface area contributed by atoms with Crippen molar-refractivity contribution in [1.82, 2.24) is 9.29 Å². The van der Waals surface area contributed by atoms with Gasteiger partial charge in [0, 0.05) is 36.2 Å². The van der Waals surface area contributed by atoms with Crippen molar-refractivity contribution in [3.8, 4) is 0 Å². The predicted molar refractivity (Wildman–Crippen MR) is 103 cm³/mol. The first kappa shape index (κ1) is 20.2. The number of hydrogen-bond acceptors (Lipinski definition) is 4. The van der Waals surface area contributed by atoms with E-state index in [2.05, 4.69) is 28.5 Å². The fourth-order valence-electron chi connectivity index (χ4n) is 3.02. The molecule has 2 aromatic rings. The molecular formula is C18H26N4O3S. The molecule has 0 radical (unpaired) electrons. The summed E-state index contributed by atoms with van der Waals surface area (Å²) in [5, 5.41) is 2.78. The molecule has 0 aliphatic heterocycles. The highest BCUT2D eigenvalue weighted by Crippen LogP contribution is 2.22. The van der Waals surface area contributed by atoms with Crippen molar-refractivity contribution in [2.75, 3.05) is 18.4 Å². The molecule has 2 rings (SSSR count). The van der Waals surface area contributed by atoms with Gasteiger partial charge in [-0.05, 0) is 52.0 Å². The number of benzene rings is 1. The molecule has 26 heavy (non-hydrogen) atoms. The summed E-state index contributed by atoms with van der Waals surface area (Å²) in [5.74, 6) is -0.269. The van der Waals surface area contributed by atoms with Crippen molar-refractivity contribution >= 4 is 21.6 Å². The minimum atomic E-state index is -3.65. The summed E-state index contributed by atoms with van der Waals surface area (Å²) in [6, 6.07) is 8.23. The van der Waals surface area contributed by atoms with E-state index >= 15 is 0 Å². The van der Waals surface area contributed by atoms with Gasteiger partial charge in [0.1, 0.15) is 0 Å². The molecule has 0 bridgehead atoms. The largest absolute Gasteiger partial charge is 0.346 e. The Morgan fingerprint density at radius 2 is 1.92 bits per heavy atom. The zero-order chi connectivity index (χ0) is 19.5. The zero-order valence-corrected chi connectivity index (χ0v) is 16.4. The van der Waals surface area contributed by atoms with Gasteiger partial charge in [-0.25, -0.2) is 13.1 Å². The minimum Gasteiger partial charge on any atom is -0.346 e. The molecule has 0 unspecified atom stereocenters. The average Bonchev–Trinajstić information content (AvgIpc) is 2.88. The molecule has 0 saturated carbocycles. The number of aromatic nitrogens is 1. The van der Waals surface area contributed by atoms with Crippen LogP contribution in [0.15, 0.2) is 35.2 Å². The van der Waals surface area contributed by atoms with Crippen LogP contribution in [0.5, 0.6) is 0 Å². The normalized spacial score (nSPS) is 11.8. The van der Waals surface area contributed by atoms with E-state index in [0.717, 1.165) is 11.4 Å². The van der Waals surface area contributed by atoms with Gasteiger partial charge in [0.25, 0.3) is 5.91 Å². The van der Waals surface area contributed by atoms with E-state index in [1.54, 1.807) is 12.1 Å². The number of carbonyl (C=O) groups is 1. The van der Waals surface area contributed by atoms with Crippen molar-refractivity contribution in [3.63, 3.8) is 0 Å². The number of nitrogens with one attached hydrogen (secondary N) is 2. The molecule has 0 aliphatic rings. The Balaban J connectivity index is 2.26. The first-order chi connectivity index (χ1) is 12.2. The van der Waals surface area contributed by atoms with E-state index in [4.69, 9.17) is 5.73 Å². The topological polar surface area (TPSA) is 106 Å². The van der Waals surface area contributed by atoms with Gasteiger partial charge < -0.3 is 15.6 Å². The number of hydrogen-bond donors (Lipinski definition) is 3. The maximum atomic E-state index is 12.7. The second-order valence-corrected chi connectivity index (χ2v) is 8.18. The van der Waals surface area contributed by atoms with E-state index in [1.807, 2.05) is 19.9 Å². The molecule has 0 fully saturated rings. The van der Waals surface area contributed by atoms with Gasteiger partial charge in [-0.2, -0.15) is 0 Å². The maximum Gasteiger partial charge on any atom is 0.257 e. The van der Waals surface area contributed by atoms with Crippen LogP contribution >= 0.6 is 0 Å². The Morgan fingerprint density at radius 1 is 1.23 bits per heavy atom. The highest BCUT2D eigenvalue weighted by atomic mass is 32.2. The van der Waals surface area contributed by atoms with Crippen LogP contribution in [0.2, 0.25) is 0 Å². The molecule has 1 aromatic heterocycles. The smallest absolute Gasteiger partial charge is 0.257 e. The van der Waals surface area contributed by atoms with E-state index in [-0.39, 0.29) is 29.9 Å². The van der Waals surface area contributed by atoms with Gasteiger partial charge in [0.15, 0.2) is 0 Å². The van der Waals surface area contributed by atoms with Gasteiger partial charge in [-0.1, -0.05) is 6.07 Å². The second kappa shape index (κ2) is 8.03. The summed E-state index contributed by atoms with van der Waals surface area (Å²) >= 11 is 0. The van der Waals surface area contributed by atoms with Crippen molar-refractivity contribution < 1.29 is 13.2 Å². The molecule has 1 amide bonds. The lowest BCUT2D eigenvalue weighted by atomic mass is 10.2. The second-order valence-electron chi connectivity index (χ2n) is 6.42. The van der Waals surface area contributed by atoms with Gasteiger partial charge in [0.2, 0.25) is 10.0 Å². The summed E-state index contributed by atoms with van der Waals surface area (Å²) in [6.45, 7) is 8.34. The Kier molecular flexibility index (Phi) is 6.22. The van der Waals surface area contributed by atoms with Crippen molar-refractivity contribution in [1.29, 1.82) is 0 Å². The third-order valence-electron chi connectivity index (χ3n) is 4.08. The molecule has 0 spiro atoms. The summed E-state index contributed by atoms with van der Waals surface area (Å²) in [4.78, 5) is 12.7. The number of amides is 1. The monoisotopic (exact) mass is 378 g/mol. The lowest BCUT2D eigenvalue weighted by Crippen LogP contribution is -2.29. The zero-order valence-electron chi connectivity index (χ0n) is 15.5. The first-order valence-electron chi connectivity index (χ1n) is 8.47. The standard InChI is InChI=1S/C18H26N4O3S/c1-12(2)22-13(3)10-17(14(22)4)18(23)21-15-6-5-7-16(11-15)26(24,25)20-9-8-19/h5-7,10-12,20H,8-9,19H2,1-4H3,(H,21,23). The molecule has 142 valence electrons. The Morgan fingerprint density at radius 3 is 2.50 bits per heavy atom. The van der Waals surface area contributed by atoms with E-state index in [9.17, 15) is 13.2 Å². The van der Waals surface area contributed by atoms with Crippen molar-refractivity contribution in [3.05, 3.63) is 47.3 Å². The van der Waals surface area contributed by atoms with Gasteiger partial charge in [-0.3, -0.25) is 4.79 Å². The summed E-state index contributed by atoms with van der Waals surface area (Å²) in [7, 11) is -3.65. The highest BCUT2D eigenvalue weighted by Gasteiger charge is 2.18. The van der Waals surface area contributed by atoms with Crippen LogP contribution in [0.4, 0.5) is 5.69 Å². The Labute approximate surface area is 154 Å². The van der Waals surface area contributed by atoms with Gasteiger partial charge in [0.05, 0.1) is 10.5 Å². The maximum absolute atomic E-state index is 12.7. The Bertz CT molecular complexity index is 901. The van der Waals surface area contributed by atoms with Crippen LogP contribution < -0.4 is 15.8 Å². The number of sulfonamides is 1. The van der Waals surface area contributed by atoms with Gasteiger partial charge >= 0.3 is 0 Å². The predicted octanol–water partition coefficient (Wildman–Crippen LogP) is 2.18. The third kappa shape index (κ3) is 4.32. The van der Waals surface area contributed by atoms with Crippen LogP contribution in [0.25, 0.3) is 0 Å². The fourth-order valence-corrected chi connectivity index (χ4v) is 4.11. The van der Waals surface area contributed by atoms with Crippen LogP contribution in [-0.2, 0) is 10.0 Å². The lowest BCUT2D eigenvalue weighted by Gasteiger charge is -2.14. The average molecular weight is 378 g/mol. The summed E-state index contributed by atoms with van der Waals surface area (Å²) in [6.07, 6.45) is 0. The number of anilines is 1. The fraction of sp³-hybridized carbons (Fsp3) is 0.389.